The van der Waals surface area contributed by atoms with Crippen molar-refractivity contribution in [2.75, 3.05) is 20.1 Å². The summed E-state index contributed by atoms with van der Waals surface area (Å²) in [6.07, 6.45) is 4.95. The maximum Gasteiger partial charge on any atom is 0.132 e. The van der Waals surface area contributed by atoms with Crippen molar-refractivity contribution < 1.29 is 4.79 Å². The van der Waals surface area contributed by atoms with Crippen LogP contribution >= 0.6 is 0 Å². The maximum atomic E-state index is 11.3. The van der Waals surface area contributed by atoms with Crippen LogP contribution in [0.3, 0.4) is 0 Å². The van der Waals surface area contributed by atoms with Crippen LogP contribution in [0.5, 0.6) is 0 Å². The summed E-state index contributed by atoms with van der Waals surface area (Å²) in [6, 6.07) is 0. The van der Waals surface area contributed by atoms with E-state index in [4.69, 9.17) is 0 Å². The zero-order valence-electron chi connectivity index (χ0n) is 9.75. The SMILES string of the molecule is CC(=O)C(C)C1CCCN(C)CCC1. The van der Waals surface area contributed by atoms with Crippen molar-refractivity contribution in [3.05, 3.63) is 0 Å². The molecule has 0 N–H and O–H groups in total. The van der Waals surface area contributed by atoms with Crippen molar-refractivity contribution in [1.82, 2.24) is 4.90 Å². The summed E-state index contributed by atoms with van der Waals surface area (Å²) in [5.74, 6) is 1.28. The molecular weight excluding hydrogens is 174 g/mol. The molecule has 0 saturated carbocycles. The van der Waals surface area contributed by atoms with Gasteiger partial charge in [0.05, 0.1) is 0 Å². The minimum atomic E-state index is 0.276. The van der Waals surface area contributed by atoms with E-state index in [2.05, 4.69) is 18.9 Å². The Hall–Kier alpha value is -0.370. The lowest BCUT2D eigenvalue weighted by molar-refractivity contribution is -0.122. The third kappa shape index (κ3) is 3.41. The first-order chi connectivity index (χ1) is 6.61. The Labute approximate surface area is 87.7 Å². The van der Waals surface area contributed by atoms with E-state index < -0.39 is 0 Å². The normalized spacial score (nSPS) is 23.9. The zero-order valence-corrected chi connectivity index (χ0v) is 9.75. The number of nitrogens with zero attached hydrogens (tertiary/aromatic N) is 1. The molecule has 0 aromatic carbocycles. The number of ketones is 1. The summed E-state index contributed by atoms with van der Waals surface area (Å²) in [4.78, 5) is 13.7. The molecule has 2 heteroatoms. The van der Waals surface area contributed by atoms with Crippen LogP contribution in [0.25, 0.3) is 0 Å². The molecule has 0 bridgehead atoms. The zero-order chi connectivity index (χ0) is 10.6. The van der Waals surface area contributed by atoms with Gasteiger partial charge in [0.25, 0.3) is 0 Å². The molecule has 1 heterocycles. The van der Waals surface area contributed by atoms with Crippen molar-refractivity contribution >= 4 is 5.78 Å². The van der Waals surface area contributed by atoms with Crippen LogP contribution in [-0.4, -0.2) is 30.8 Å². The molecule has 14 heavy (non-hydrogen) atoms. The van der Waals surface area contributed by atoms with Crippen molar-refractivity contribution in [3.8, 4) is 0 Å². The van der Waals surface area contributed by atoms with Gasteiger partial charge in [-0.2, -0.15) is 0 Å². The number of rotatable bonds is 2. The third-order valence-corrected chi connectivity index (χ3v) is 3.58. The Morgan fingerprint density at radius 1 is 1.29 bits per heavy atom. The highest BCUT2D eigenvalue weighted by Crippen LogP contribution is 2.25. The molecule has 1 unspecified atom stereocenters. The Morgan fingerprint density at radius 3 is 2.21 bits per heavy atom. The van der Waals surface area contributed by atoms with Gasteiger partial charge in [0, 0.05) is 5.92 Å². The Kier molecular flexibility index (Phi) is 4.59. The fourth-order valence-corrected chi connectivity index (χ4v) is 2.33. The standard InChI is InChI=1S/C12H23NO/c1-10(11(2)14)12-6-4-8-13(3)9-5-7-12/h10,12H,4-9H2,1-3H3. The second kappa shape index (κ2) is 5.50. The second-order valence-corrected chi connectivity index (χ2v) is 4.75. The lowest BCUT2D eigenvalue weighted by Gasteiger charge is -2.27. The van der Waals surface area contributed by atoms with E-state index in [0.717, 1.165) is 0 Å². The lowest BCUT2D eigenvalue weighted by atomic mass is 9.83. The quantitative estimate of drug-likeness (QED) is 0.677. The molecule has 2 nitrogen and oxygen atoms in total. The number of carbonyl (C=O) groups is 1. The minimum absolute atomic E-state index is 0.276. The van der Waals surface area contributed by atoms with Crippen LogP contribution < -0.4 is 0 Å². The highest BCUT2D eigenvalue weighted by molar-refractivity contribution is 5.78. The van der Waals surface area contributed by atoms with Crippen LogP contribution in [0.1, 0.15) is 39.5 Å². The van der Waals surface area contributed by atoms with Crippen LogP contribution in [0.4, 0.5) is 0 Å². The Balaban J connectivity index is 2.42. The molecule has 1 aliphatic rings. The van der Waals surface area contributed by atoms with E-state index in [1.807, 2.05) is 0 Å². The molecule has 1 atom stereocenters. The summed E-state index contributed by atoms with van der Waals surface area (Å²) >= 11 is 0. The average Bonchev–Trinajstić information content (AvgIpc) is 2.10. The van der Waals surface area contributed by atoms with Crippen LogP contribution in [0.2, 0.25) is 0 Å². The summed E-state index contributed by atoms with van der Waals surface area (Å²) in [7, 11) is 2.19. The van der Waals surface area contributed by atoms with Crippen molar-refractivity contribution in [3.63, 3.8) is 0 Å². The first kappa shape index (κ1) is 11.7. The fourth-order valence-electron chi connectivity index (χ4n) is 2.33. The van der Waals surface area contributed by atoms with Gasteiger partial charge in [0.2, 0.25) is 0 Å². The highest BCUT2D eigenvalue weighted by Gasteiger charge is 2.21. The summed E-state index contributed by atoms with van der Waals surface area (Å²) in [6.45, 7) is 6.22. The topological polar surface area (TPSA) is 20.3 Å². The molecule has 0 aliphatic carbocycles. The average molecular weight is 197 g/mol. The van der Waals surface area contributed by atoms with Crippen LogP contribution in [0.15, 0.2) is 0 Å². The first-order valence-corrected chi connectivity index (χ1v) is 5.80. The largest absolute Gasteiger partial charge is 0.306 e. The number of hydrogen-bond donors (Lipinski definition) is 0. The van der Waals surface area contributed by atoms with Gasteiger partial charge in [-0.25, -0.2) is 0 Å². The van der Waals surface area contributed by atoms with Gasteiger partial charge >= 0.3 is 0 Å². The number of likely N-dealkylation sites (tertiary alicyclic amines) is 1. The van der Waals surface area contributed by atoms with Crippen molar-refractivity contribution in [2.45, 2.75) is 39.5 Å². The third-order valence-electron chi connectivity index (χ3n) is 3.58. The molecule has 1 aliphatic heterocycles. The molecule has 0 amide bonds. The van der Waals surface area contributed by atoms with Gasteiger partial charge in [-0.05, 0) is 58.7 Å². The number of hydrogen-bond acceptors (Lipinski definition) is 2. The van der Waals surface area contributed by atoms with Gasteiger partial charge in [-0.15, -0.1) is 0 Å². The first-order valence-electron chi connectivity index (χ1n) is 5.80. The van der Waals surface area contributed by atoms with E-state index in [9.17, 15) is 4.79 Å². The summed E-state index contributed by atoms with van der Waals surface area (Å²) in [5, 5.41) is 0. The molecule has 0 radical (unpaired) electrons. The molecule has 1 saturated heterocycles. The van der Waals surface area contributed by atoms with E-state index in [-0.39, 0.29) is 5.92 Å². The van der Waals surface area contributed by atoms with Gasteiger partial charge < -0.3 is 4.90 Å². The molecular formula is C12H23NO. The van der Waals surface area contributed by atoms with Gasteiger partial charge in [-0.1, -0.05) is 6.92 Å². The number of Topliss-reactive ketones (excluding diaryl/α,β-unsaturated/α-hetero) is 1. The molecule has 0 spiro atoms. The summed E-state index contributed by atoms with van der Waals surface area (Å²) in [5.41, 5.74) is 0. The molecule has 0 aromatic heterocycles. The molecule has 82 valence electrons. The summed E-state index contributed by atoms with van der Waals surface area (Å²) < 4.78 is 0. The minimum Gasteiger partial charge on any atom is -0.306 e. The predicted molar refractivity (Wildman–Crippen MR) is 59.3 cm³/mol. The van der Waals surface area contributed by atoms with Gasteiger partial charge in [0.1, 0.15) is 5.78 Å². The van der Waals surface area contributed by atoms with Crippen LogP contribution in [0, 0.1) is 11.8 Å². The Bertz CT molecular complexity index is 181. The van der Waals surface area contributed by atoms with Crippen molar-refractivity contribution in [2.24, 2.45) is 11.8 Å². The molecule has 0 aromatic rings. The predicted octanol–water partition coefficient (Wildman–Crippen LogP) is 2.33. The monoisotopic (exact) mass is 197 g/mol. The lowest BCUT2D eigenvalue weighted by Crippen LogP contribution is -2.27. The highest BCUT2D eigenvalue weighted by atomic mass is 16.1. The van der Waals surface area contributed by atoms with Gasteiger partial charge in [0.15, 0.2) is 0 Å². The van der Waals surface area contributed by atoms with Gasteiger partial charge in [-0.3, -0.25) is 4.79 Å². The Morgan fingerprint density at radius 2 is 1.79 bits per heavy atom. The molecule has 1 rings (SSSR count). The van der Waals surface area contributed by atoms with E-state index >= 15 is 0 Å². The molecule has 1 fully saturated rings. The number of carbonyl (C=O) groups excluding carboxylic acids is 1. The smallest absolute Gasteiger partial charge is 0.132 e. The van der Waals surface area contributed by atoms with E-state index in [1.165, 1.54) is 38.8 Å². The maximum absolute atomic E-state index is 11.3. The van der Waals surface area contributed by atoms with Crippen LogP contribution in [-0.2, 0) is 4.79 Å². The van der Waals surface area contributed by atoms with E-state index in [0.29, 0.717) is 11.7 Å². The van der Waals surface area contributed by atoms with E-state index in [1.54, 1.807) is 6.92 Å². The second-order valence-electron chi connectivity index (χ2n) is 4.75. The fraction of sp³-hybridized carbons (Fsp3) is 0.917. The van der Waals surface area contributed by atoms with Crippen molar-refractivity contribution in [1.29, 1.82) is 0 Å².